The number of aromatic nitrogens is 3. The molecular formula is C16H22N8O2. The van der Waals surface area contributed by atoms with Gasteiger partial charge in [0.2, 0.25) is 17.8 Å². The van der Waals surface area contributed by atoms with Gasteiger partial charge in [0.15, 0.2) is 0 Å². The van der Waals surface area contributed by atoms with Crippen molar-refractivity contribution in [2.45, 2.75) is 18.5 Å². The van der Waals surface area contributed by atoms with Crippen molar-refractivity contribution in [3.8, 4) is 6.01 Å². The van der Waals surface area contributed by atoms with Gasteiger partial charge in [-0.2, -0.15) is 15.0 Å². The molecule has 138 valence electrons. The van der Waals surface area contributed by atoms with Crippen LogP contribution in [-0.4, -0.2) is 53.1 Å². The van der Waals surface area contributed by atoms with Crippen LogP contribution >= 0.6 is 0 Å². The fraction of sp³-hybridized carbons (Fsp3) is 0.375. The lowest BCUT2D eigenvalue weighted by Gasteiger charge is -2.34. The van der Waals surface area contributed by atoms with Crippen molar-refractivity contribution in [3.05, 3.63) is 29.8 Å². The molecule has 1 amide bonds. The standard InChI is InChI=1S/C16H22N8O2/c1-26-16-22-14(20-12-4-2-9(3-5-12)13(19)25)21-15(23-16)24-7-10(17)6-11(18)8-24/h2-5,10-11H,6-8,17-18H2,1H3,(H2,19,25)(H,20,21,22,23)/t10-,11+. The van der Waals surface area contributed by atoms with E-state index in [2.05, 4.69) is 20.3 Å². The summed E-state index contributed by atoms with van der Waals surface area (Å²) in [6, 6.07) is 6.75. The smallest absolute Gasteiger partial charge is 0.322 e. The van der Waals surface area contributed by atoms with Crippen molar-refractivity contribution >= 4 is 23.5 Å². The Morgan fingerprint density at radius 3 is 2.38 bits per heavy atom. The highest BCUT2D eigenvalue weighted by atomic mass is 16.5. The number of methoxy groups -OCH3 is 1. The molecule has 1 aromatic carbocycles. The molecule has 26 heavy (non-hydrogen) atoms. The van der Waals surface area contributed by atoms with E-state index in [1.165, 1.54) is 7.11 Å². The predicted molar refractivity (Wildman–Crippen MR) is 97.4 cm³/mol. The maximum Gasteiger partial charge on any atom is 0.322 e. The van der Waals surface area contributed by atoms with Crippen LogP contribution in [0.2, 0.25) is 0 Å². The fourth-order valence-corrected chi connectivity index (χ4v) is 2.82. The molecule has 1 fully saturated rings. The number of hydrogen-bond donors (Lipinski definition) is 4. The molecule has 7 N–H and O–H groups in total. The molecule has 2 aromatic rings. The molecular weight excluding hydrogens is 336 g/mol. The number of carbonyl (C=O) groups excluding carboxylic acids is 1. The number of rotatable bonds is 5. The van der Waals surface area contributed by atoms with E-state index in [9.17, 15) is 4.79 Å². The maximum absolute atomic E-state index is 11.2. The zero-order valence-electron chi connectivity index (χ0n) is 14.4. The van der Waals surface area contributed by atoms with E-state index in [0.717, 1.165) is 6.42 Å². The van der Waals surface area contributed by atoms with Crippen LogP contribution in [0.25, 0.3) is 0 Å². The summed E-state index contributed by atoms with van der Waals surface area (Å²) >= 11 is 0. The molecule has 10 nitrogen and oxygen atoms in total. The lowest BCUT2D eigenvalue weighted by molar-refractivity contribution is 0.100. The second-order valence-corrected chi connectivity index (χ2v) is 6.17. The molecule has 10 heteroatoms. The van der Waals surface area contributed by atoms with Crippen LogP contribution in [0.4, 0.5) is 17.6 Å². The van der Waals surface area contributed by atoms with Gasteiger partial charge in [0.1, 0.15) is 0 Å². The van der Waals surface area contributed by atoms with Gasteiger partial charge in [-0.15, -0.1) is 0 Å². The summed E-state index contributed by atoms with van der Waals surface area (Å²) in [4.78, 5) is 26.0. The quantitative estimate of drug-likeness (QED) is 0.557. The summed E-state index contributed by atoms with van der Waals surface area (Å²) in [5, 5.41) is 3.06. The van der Waals surface area contributed by atoms with Crippen LogP contribution < -0.4 is 32.2 Å². The van der Waals surface area contributed by atoms with Crippen LogP contribution in [0.3, 0.4) is 0 Å². The molecule has 1 aromatic heterocycles. The Morgan fingerprint density at radius 1 is 1.15 bits per heavy atom. The van der Waals surface area contributed by atoms with Crippen LogP contribution in [-0.2, 0) is 0 Å². The largest absolute Gasteiger partial charge is 0.467 e. The number of amides is 1. The maximum atomic E-state index is 11.2. The summed E-state index contributed by atoms with van der Waals surface area (Å²) in [6.45, 7) is 1.21. The van der Waals surface area contributed by atoms with Crippen molar-refractivity contribution in [2.24, 2.45) is 17.2 Å². The molecule has 0 spiro atoms. The van der Waals surface area contributed by atoms with E-state index in [-0.39, 0.29) is 18.1 Å². The number of primary amides is 1. The van der Waals surface area contributed by atoms with Crippen molar-refractivity contribution in [1.29, 1.82) is 0 Å². The van der Waals surface area contributed by atoms with Gasteiger partial charge < -0.3 is 32.2 Å². The highest BCUT2D eigenvalue weighted by molar-refractivity contribution is 5.93. The number of nitrogens with zero attached hydrogens (tertiary/aromatic N) is 4. The number of ether oxygens (including phenoxy) is 1. The minimum atomic E-state index is -0.488. The Bertz CT molecular complexity index is 772. The minimum Gasteiger partial charge on any atom is -0.467 e. The lowest BCUT2D eigenvalue weighted by atomic mass is 10.0. The normalized spacial score (nSPS) is 19.9. The summed E-state index contributed by atoms with van der Waals surface area (Å²) in [7, 11) is 1.48. The first-order valence-electron chi connectivity index (χ1n) is 8.17. The van der Waals surface area contributed by atoms with E-state index < -0.39 is 5.91 Å². The number of carbonyl (C=O) groups is 1. The topological polar surface area (TPSA) is 158 Å². The zero-order valence-corrected chi connectivity index (χ0v) is 14.4. The van der Waals surface area contributed by atoms with Gasteiger partial charge in [-0.3, -0.25) is 4.79 Å². The monoisotopic (exact) mass is 358 g/mol. The Kier molecular flexibility index (Phi) is 5.14. The molecule has 0 unspecified atom stereocenters. The van der Waals surface area contributed by atoms with E-state index in [4.69, 9.17) is 21.9 Å². The van der Waals surface area contributed by atoms with E-state index in [1.807, 2.05) is 4.90 Å². The molecule has 1 aliphatic rings. The van der Waals surface area contributed by atoms with Gasteiger partial charge in [-0.1, -0.05) is 0 Å². The molecule has 0 aliphatic carbocycles. The van der Waals surface area contributed by atoms with Gasteiger partial charge in [0.05, 0.1) is 7.11 Å². The molecule has 0 saturated carbocycles. The number of hydrogen-bond acceptors (Lipinski definition) is 9. The van der Waals surface area contributed by atoms with Gasteiger partial charge in [0, 0.05) is 36.4 Å². The average molecular weight is 358 g/mol. The van der Waals surface area contributed by atoms with Gasteiger partial charge >= 0.3 is 6.01 Å². The van der Waals surface area contributed by atoms with Crippen LogP contribution in [0.5, 0.6) is 6.01 Å². The summed E-state index contributed by atoms with van der Waals surface area (Å²) in [5.41, 5.74) is 18.4. The predicted octanol–water partition coefficient (Wildman–Crippen LogP) is -0.413. The van der Waals surface area contributed by atoms with Crippen LogP contribution in [0, 0.1) is 0 Å². The summed E-state index contributed by atoms with van der Waals surface area (Å²) < 4.78 is 5.18. The number of anilines is 3. The summed E-state index contributed by atoms with van der Waals surface area (Å²) in [6.07, 6.45) is 0.760. The molecule has 1 saturated heterocycles. The number of nitrogens with one attached hydrogen (secondary N) is 1. The second-order valence-electron chi connectivity index (χ2n) is 6.17. The number of benzene rings is 1. The molecule has 2 atom stereocenters. The summed E-state index contributed by atoms with van der Waals surface area (Å²) in [5.74, 6) is 0.267. The van der Waals surface area contributed by atoms with E-state index >= 15 is 0 Å². The highest BCUT2D eigenvalue weighted by Crippen LogP contribution is 2.21. The SMILES string of the molecule is COc1nc(Nc2ccc(C(N)=O)cc2)nc(N2C[C@H](N)C[C@H](N)C2)n1. The Labute approximate surface area is 150 Å². The molecule has 2 heterocycles. The fourth-order valence-electron chi connectivity index (χ4n) is 2.82. The molecule has 3 rings (SSSR count). The Hall–Kier alpha value is -2.98. The first-order chi connectivity index (χ1) is 12.4. The third-order valence-electron chi connectivity index (χ3n) is 4.01. The third kappa shape index (κ3) is 4.16. The van der Waals surface area contributed by atoms with Crippen molar-refractivity contribution in [1.82, 2.24) is 15.0 Å². The molecule has 0 radical (unpaired) electrons. The number of nitrogens with two attached hydrogens (primary N) is 3. The molecule has 0 bridgehead atoms. The van der Waals surface area contributed by atoms with Crippen LogP contribution in [0.1, 0.15) is 16.8 Å². The van der Waals surface area contributed by atoms with Gasteiger partial charge in [0.25, 0.3) is 0 Å². The van der Waals surface area contributed by atoms with Gasteiger partial charge in [-0.25, -0.2) is 0 Å². The van der Waals surface area contributed by atoms with Crippen molar-refractivity contribution < 1.29 is 9.53 Å². The minimum absolute atomic E-state index is 0.0423. The van der Waals surface area contributed by atoms with Gasteiger partial charge in [-0.05, 0) is 30.7 Å². The lowest BCUT2D eigenvalue weighted by Crippen LogP contribution is -2.52. The van der Waals surface area contributed by atoms with E-state index in [0.29, 0.717) is 36.2 Å². The second kappa shape index (κ2) is 7.50. The average Bonchev–Trinajstić information content (AvgIpc) is 2.61. The zero-order chi connectivity index (χ0) is 18.7. The Morgan fingerprint density at radius 2 is 1.81 bits per heavy atom. The third-order valence-corrected chi connectivity index (χ3v) is 4.01. The van der Waals surface area contributed by atoms with E-state index in [1.54, 1.807) is 24.3 Å². The van der Waals surface area contributed by atoms with Crippen molar-refractivity contribution in [2.75, 3.05) is 30.4 Å². The van der Waals surface area contributed by atoms with Crippen molar-refractivity contribution in [3.63, 3.8) is 0 Å². The first-order valence-corrected chi connectivity index (χ1v) is 8.17. The molecule has 1 aliphatic heterocycles. The Balaban J connectivity index is 1.84. The first kappa shape index (κ1) is 17.8. The van der Waals surface area contributed by atoms with Crippen LogP contribution in [0.15, 0.2) is 24.3 Å². The number of piperidine rings is 1. The highest BCUT2D eigenvalue weighted by Gasteiger charge is 2.25.